The molecule has 2 aromatic rings. The Morgan fingerprint density at radius 3 is 2.55 bits per heavy atom. The predicted octanol–water partition coefficient (Wildman–Crippen LogP) is 4.33. The molecule has 0 spiro atoms. The third kappa shape index (κ3) is 3.42. The Bertz CT molecular complexity index is 551. The van der Waals surface area contributed by atoms with Crippen LogP contribution in [0.4, 0.5) is 4.39 Å². The maximum atomic E-state index is 13.0. The van der Waals surface area contributed by atoms with Crippen molar-refractivity contribution in [1.29, 1.82) is 0 Å². The van der Waals surface area contributed by atoms with E-state index in [9.17, 15) is 4.39 Å². The zero-order valence-electron chi connectivity index (χ0n) is 12.2. The molecular formula is C17H21FN2. The Morgan fingerprint density at radius 2 is 1.95 bits per heavy atom. The average Bonchev–Trinajstić information content (AvgIpc) is 2.46. The van der Waals surface area contributed by atoms with E-state index in [0.717, 1.165) is 12.1 Å². The summed E-state index contributed by atoms with van der Waals surface area (Å²) in [6, 6.07) is 11.9. The van der Waals surface area contributed by atoms with Gasteiger partial charge in [-0.25, -0.2) is 4.39 Å². The number of aromatic nitrogens is 1. The highest BCUT2D eigenvalue weighted by molar-refractivity contribution is 5.28. The van der Waals surface area contributed by atoms with Crippen LogP contribution in [0.25, 0.3) is 0 Å². The van der Waals surface area contributed by atoms with Gasteiger partial charge >= 0.3 is 0 Å². The van der Waals surface area contributed by atoms with E-state index >= 15 is 0 Å². The number of benzene rings is 1. The van der Waals surface area contributed by atoms with Gasteiger partial charge in [0.1, 0.15) is 5.82 Å². The fraction of sp³-hybridized carbons (Fsp3) is 0.353. The first-order valence-electron chi connectivity index (χ1n) is 7.04. The minimum atomic E-state index is -0.296. The van der Waals surface area contributed by atoms with Gasteiger partial charge in [0.05, 0.1) is 11.9 Å². The Hall–Kier alpha value is -1.74. The summed E-state index contributed by atoms with van der Waals surface area (Å²) in [4.78, 5) is 4.18. The van der Waals surface area contributed by atoms with Crippen LogP contribution in [-0.2, 0) is 0 Å². The molecule has 0 amide bonds. The second-order valence-electron chi connectivity index (χ2n) is 5.11. The number of nitrogens with one attached hydrogen (secondary N) is 1. The van der Waals surface area contributed by atoms with E-state index in [1.54, 1.807) is 6.07 Å². The van der Waals surface area contributed by atoms with Gasteiger partial charge in [-0.15, -0.1) is 0 Å². The van der Waals surface area contributed by atoms with Crippen LogP contribution in [0.2, 0.25) is 0 Å². The Morgan fingerprint density at radius 1 is 1.20 bits per heavy atom. The molecule has 0 bridgehead atoms. The van der Waals surface area contributed by atoms with Crippen LogP contribution in [0, 0.1) is 12.7 Å². The largest absolute Gasteiger partial charge is 0.302 e. The number of nitrogens with zero attached hydrogens (tertiary/aromatic N) is 1. The van der Waals surface area contributed by atoms with Crippen LogP contribution in [0.1, 0.15) is 49.2 Å². The Balaban J connectivity index is 2.14. The minimum Gasteiger partial charge on any atom is -0.302 e. The summed E-state index contributed by atoms with van der Waals surface area (Å²) in [6.45, 7) is 6.37. The molecule has 1 aromatic heterocycles. The van der Waals surface area contributed by atoms with Gasteiger partial charge in [-0.05, 0) is 43.5 Å². The molecular weight excluding hydrogens is 251 g/mol. The van der Waals surface area contributed by atoms with E-state index in [-0.39, 0.29) is 17.9 Å². The predicted molar refractivity (Wildman–Crippen MR) is 80.0 cm³/mol. The van der Waals surface area contributed by atoms with Gasteiger partial charge in [0.2, 0.25) is 0 Å². The van der Waals surface area contributed by atoms with E-state index in [2.05, 4.69) is 49.3 Å². The highest BCUT2D eigenvalue weighted by Crippen LogP contribution is 2.22. The Labute approximate surface area is 120 Å². The summed E-state index contributed by atoms with van der Waals surface area (Å²) in [5.41, 5.74) is 3.44. The Kier molecular flexibility index (Phi) is 4.85. The second-order valence-corrected chi connectivity index (χ2v) is 5.11. The van der Waals surface area contributed by atoms with Gasteiger partial charge in [0.25, 0.3) is 0 Å². The van der Waals surface area contributed by atoms with Crippen LogP contribution >= 0.6 is 0 Å². The lowest BCUT2D eigenvalue weighted by Gasteiger charge is -2.23. The van der Waals surface area contributed by atoms with Crippen molar-refractivity contribution in [2.24, 2.45) is 0 Å². The number of hydrogen-bond acceptors (Lipinski definition) is 2. The first-order chi connectivity index (χ1) is 9.61. The van der Waals surface area contributed by atoms with Crippen molar-refractivity contribution in [2.45, 2.75) is 39.3 Å². The molecule has 1 unspecified atom stereocenters. The zero-order valence-corrected chi connectivity index (χ0v) is 12.2. The summed E-state index contributed by atoms with van der Waals surface area (Å²) in [6.07, 6.45) is 2.19. The zero-order chi connectivity index (χ0) is 14.5. The molecule has 0 fully saturated rings. The van der Waals surface area contributed by atoms with E-state index in [1.807, 2.05) is 6.07 Å². The summed E-state index contributed by atoms with van der Waals surface area (Å²) >= 11 is 0. The third-order valence-corrected chi connectivity index (χ3v) is 3.62. The van der Waals surface area contributed by atoms with Crippen molar-refractivity contribution >= 4 is 0 Å². The van der Waals surface area contributed by atoms with Crippen molar-refractivity contribution < 1.29 is 4.39 Å². The molecule has 2 nitrogen and oxygen atoms in total. The molecule has 0 saturated carbocycles. The van der Waals surface area contributed by atoms with E-state index < -0.39 is 0 Å². The van der Waals surface area contributed by atoms with E-state index in [0.29, 0.717) is 0 Å². The monoisotopic (exact) mass is 272 g/mol. The molecule has 3 heteroatoms. The first kappa shape index (κ1) is 14.7. The molecule has 2 rings (SSSR count). The van der Waals surface area contributed by atoms with Crippen LogP contribution in [0.15, 0.2) is 42.6 Å². The van der Waals surface area contributed by atoms with Gasteiger partial charge in [-0.3, -0.25) is 4.98 Å². The topological polar surface area (TPSA) is 24.9 Å². The number of pyridine rings is 1. The lowest BCUT2D eigenvalue weighted by molar-refractivity contribution is 0.446. The number of aryl methyl sites for hydroxylation is 1. The second kappa shape index (κ2) is 6.62. The van der Waals surface area contributed by atoms with Gasteiger partial charge in [0.15, 0.2) is 0 Å². The number of halogens is 1. The van der Waals surface area contributed by atoms with Gasteiger partial charge in [0, 0.05) is 12.1 Å². The van der Waals surface area contributed by atoms with Crippen molar-refractivity contribution in [1.82, 2.24) is 10.3 Å². The molecule has 0 radical (unpaired) electrons. The van der Waals surface area contributed by atoms with Crippen LogP contribution < -0.4 is 5.32 Å². The average molecular weight is 272 g/mol. The normalized spacial score (nSPS) is 14.0. The quantitative estimate of drug-likeness (QED) is 0.876. The lowest BCUT2D eigenvalue weighted by atomic mass is 10.0. The van der Waals surface area contributed by atoms with Gasteiger partial charge < -0.3 is 5.32 Å². The third-order valence-electron chi connectivity index (χ3n) is 3.62. The maximum Gasteiger partial charge on any atom is 0.141 e. The molecule has 1 aromatic carbocycles. The van der Waals surface area contributed by atoms with Crippen LogP contribution in [0.3, 0.4) is 0 Å². The fourth-order valence-electron chi connectivity index (χ4n) is 2.47. The maximum absolute atomic E-state index is 13.0. The molecule has 0 aliphatic carbocycles. The summed E-state index contributed by atoms with van der Waals surface area (Å²) in [5, 5.41) is 3.57. The molecule has 0 saturated heterocycles. The highest BCUT2D eigenvalue weighted by atomic mass is 19.1. The van der Waals surface area contributed by atoms with Crippen LogP contribution in [-0.4, -0.2) is 4.98 Å². The molecule has 0 aliphatic rings. The van der Waals surface area contributed by atoms with E-state index in [4.69, 9.17) is 0 Å². The standard InChI is InChI=1S/C17H21FN2/c1-4-16(17-10-9-14(18)11-19-17)20-13(3)15-8-6-5-7-12(15)2/h5-11,13,16,20H,4H2,1-3H3/t13-,16?/m0/s1. The van der Waals surface area contributed by atoms with Crippen LogP contribution in [0.5, 0.6) is 0 Å². The lowest BCUT2D eigenvalue weighted by Crippen LogP contribution is -2.25. The van der Waals surface area contributed by atoms with Crippen molar-refractivity contribution in [3.63, 3.8) is 0 Å². The first-order valence-corrected chi connectivity index (χ1v) is 7.04. The number of hydrogen-bond donors (Lipinski definition) is 1. The minimum absolute atomic E-state index is 0.130. The van der Waals surface area contributed by atoms with Crippen molar-refractivity contribution in [2.75, 3.05) is 0 Å². The molecule has 2 atom stereocenters. The molecule has 106 valence electrons. The van der Waals surface area contributed by atoms with Gasteiger partial charge in [-0.2, -0.15) is 0 Å². The molecule has 1 heterocycles. The fourth-order valence-corrected chi connectivity index (χ4v) is 2.47. The molecule has 20 heavy (non-hydrogen) atoms. The highest BCUT2D eigenvalue weighted by Gasteiger charge is 2.15. The molecule has 0 aliphatic heterocycles. The SMILES string of the molecule is CCC(N[C@@H](C)c1ccccc1C)c1ccc(F)cn1. The van der Waals surface area contributed by atoms with E-state index in [1.165, 1.54) is 23.4 Å². The number of rotatable bonds is 5. The van der Waals surface area contributed by atoms with Crippen molar-refractivity contribution in [3.05, 3.63) is 65.2 Å². The molecule has 1 N–H and O–H groups in total. The summed E-state index contributed by atoms with van der Waals surface area (Å²) in [5.74, 6) is -0.296. The summed E-state index contributed by atoms with van der Waals surface area (Å²) in [7, 11) is 0. The van der Waals surface area contributed by atoms with Gasteiger partial charge in [-0.1, -0.05) is 31.2 Å². The smallest absolute Gasteiger partial charge is 0.141 e. The summed E-state index contributed by atoms with van der Waals surface area (Å²) < 4.78 is 13.0. The van der Waals surface area contributed by atoms with Crippen molar-refractivity contribution in [3.8, 4) is 0 Å².